The quantitative estimate of drug-likeness (QED) is 0.788. The first-order valence-corrected chi connectivity index (χ1v) is 6.28. The molecule has 0 aliphatic rings. The molecule has 0 radical (unpaired) electrons. The molecule has 0 unspecified atom stereocenters. The molecule has 3 aromatic rings. The molecular weight excluding hydrogens is 268 g/mol. The average molecular weight is 280 g/mol. The zero-order valence-corrected chi connectivity index (χ0v) is 11.3. The van der Waals surface area contributed by atoms with Crippen molar-refractivity contribution >= 4 is 11.6 Å². The summed E-state index contributed by atoms with van der Waals surface area (Å²) in [4.78, 5) is 28.7. The normalized spacial score (nSPS) is 10.3. The second-order valence-corrected chi connectivity index (χ2v) is 4.36. The van der Waals surface area contributed by atoms with E-state index in [1.165, 1.54) is 0 Å². The molecule has 104 valence electrons. The molecule has 0 fully saturated rings. The number of carbonyl (C=O) groups excluding carboxylic acids is 1. The number of carbonyl (C=O) groups is 1. The van der Waals surface area contributed by atoms with Gasteiger partial charge in [-0.2, -0.15) is 0 Å². The lowest BCUT2D eigenvalue weighted by molar-refractivity contribution is 0.102. The number of amides is 1. The van der Waals surface area contributed by atoms with Crippen LogP contribution in [0.2, 0.25) is 0 Å². The number of hydrogen-bond donors (Lipinski definition) is 1. The maximum atomic E-state index is 12.2. The lowest BCUT2D eigenvalue weighted by Crippen LogP contribution is -2.16. The summed E-state index contributed by atoms with van der Waals surface area (Å²) in [5, 5.41) is 2.74. The number of nitrogens with zero attached hydrogens (tertiary/aromatic N) is 5. The fourth-order valence-electron chi connectivity index (χ4n) is 1.79. The number of pyridine rings is 1. The first kappa shape index (κ1) is 12.9. The molecule has 7 heteroatoms. The van der Waals surface area contributed by atoms with Crippen LogP contribution in [0.3, 0.4) is 0 Å². The summed E-state index contributed by atoms with van der Waals surface area (Å²) in [6.07, 6.45) is 8.14. The van der Waals surface area contributed by atoms with E-state index in [0.717, 1.165) is 0 Å². The number of hydrogen-bond acceptors (Lipinski definition) is 5. The molecule has 3 rings (SSSR count). The molecular formula is C14H12N6O. The van der Waals surface area contributed by atoms with Crippen LogP contribution in [0, 0.1) is 6.92 Å². The van der Waals surface area contributed by atoms with Gasteiger partial charge in [0.15, 0.2) is 0 Å². The Labute approximate surface area is 120 Å². The summed E-state index contributed by atoms with van der Waals surface area (Å²) in [7, 11) is 0. The minimum atomic E-state index is -0.310. The molecule has 1 amide bonds. The lowest BCUT2D eigenvalue weighted by Gasteiger charge is -2.07. The summed E-state index contributed by atoms with van der Waals surface area (Å²) in [6.45, 7) is 1.81. The van der Waals surface area contributed by atoms with Gasteiger partial charge in [0, 0.05) is 24.3 Å². The van der Waals surface area contributed by atoms with Crippen molar-refractivity contribution in [1.29, 1.82) is 0 Å². The number of imidazole rings is 1. The van der Waals surface area contributed by atoms with Gasteiger partial charge in [-0.25, -0.2) is 15.0 Å². The zero-order valence-electron chi connectivity index (χ0n) is 11.3. The summed E-state index contributed by atoms with van der Waals surface area (Å²) in [5.41, 5.74) is 1.60. The fourth-order valence-corrected chi connectivity index (χ4v) is 1.79. The van der Waals surface area contributed by atoms with Gasteiger partial charge in [0.1, 0.15) is 12.0 Å². The van der Waals surface area contributed by atoms with Crippen LogP contribution in [0.1, 0.15) is 16.2 Å². The molecule has 21 heavy (non-hydrogen) atoms. The average Bonchev–Trinajstić information content (AvgIpc) is 3.02. The molecule has 0 saturated carbocycles. The van der Waals surface area contributed by atoms with E-state index in [2.05, 4.69) is 25.3 Å². The molecule has 7 nitrogen and oxygen atoms in total. The van der Waals surface area contributed by atoms with Crippen LogP contribution in [0.4, 0.5) is 5.69 Å². The summed E-state index contributed by atoms with van der Waals surface area (Å²) >= 11 is 0. The number of nitrogens with one attached hydrogen (secondary N) is 1. The van der Waals surface area contributed by atoms with Gasteiger partial charge in [-0.15, -0.1) is 0 Å². The minimum absolute atomic E-state index is 0.287. The minimum Gasteiger partial charge on any atom is -0.319 e. The topological polar surface area (TPSA) is 85.6 Å². The zero-order chi connectivity index (χ0) is 14.7. The van der Waals surface area contributed by atoms with E-state index in [4.69, 9.17) is 0 Å². The largest absolute Gasteiger partial charge is 0.319 e. The highest BCUT2D eigenvalue weighted by Crippen LogP contribution is 2.09. The van der Waals surface area contributed by atoms with Crippen LogP contribution >= 0.6 is 0 Å². The maximum absolute atomic E-state index is 12.2. The van der Waals surface area contributed by atoms with E-state index < -0.39 is 0 Å². The number of aromatic nitrogens is 5. The highest BCUT2D eigenvalue weighted by atomic mass is 16.1. The van der Waals surface area contributed by atoms with Gasteiger partial charge in [0.05, 0.1) is 11.9 Å². The van der Waals surface area contributed by atoms with Gasteiger partial charge >= 0.3 is 0 Å². The third-order valence-electron chi connectivity index (χ3n) is 2.73. The predicted octanol–water partition coefficient (Wildman–Crippen LogP) is 1.62. The van der Waals surface area contributed by atoms with Crippen molar-refractivity contribution in [3.8, 4) is 5.95 Å². The SMILES string of the molecule is Cc1cc(C(=O)Nc2cccnc2)nc(-n2ccnc2)n1. The Bertz CT molecular complexity index is 754. The van der Waals surface area contributed by atoms with Crippen molar-refractivity contribution in [2.45, 2.75) is 6.92 Å². The summed E-state index contributed by atoms with van der Waals surface area (Å²) in [6, 6.07) is 5.14. The molecule has 3 aromatic heterocycles. The number of rotatable bonds is 3. The van der Waals surface area contributed by atoms with Crippen LogP contribution in [0.25, 0.3) is 5.95 Å². The molecule has 0 atom stereocenters. The number of aryl methyl sites for hydroxylation is 1. The van der Waals surface area contributed by atoms with E-state index in [-0.39, 0.29) is 11.6 Å². The first-order chi connectivity index (χ1) is 10.2. The Morgan fingerprint density at radius 3 is 2.86 bits per heavy atom. The van der Waals surface area contributed by atoms with Crippen molar-refractivity contribution in [3.63, 3.8) is 0 Å². The fraction of sp³-hybridized carbons (Fsp3) is 0.0714. The molecule has 0 bridgehead atoms. The van der Waals surface area contributed by atoms with Crippen LogP contribution in [-0.4, -0.2) is 30.4 Å². The molecule has 3 heterocycles. The second kappa shape index (κ2) is 5.49. The molecule has 1 N–H and O–H groups in total. The van der Waals surface area contributed by atoms with Crippen molar-refractivity contribution < 1.29 is 4.79 Å². The highest BCUT2D eigenvalue weighted by Gasteiger charge is 2.11. The summed E-state index contributed by atoms with van der Waals surface area (Å²) < 4.78 is 1.65. The van der Waals surface area contributed by atoms with Gasteiger partial charge in [-0.1, -0.05) is 0 Å². The van der Waals surface area contributed by atoms with E-state index in [0.29, 0.717) is 17.3 Å². The van der Waals surface area contributed by atoms with E-state index >= 15 is 0 Å². The third kappa shape index (κ3) is 2.92. The first-order valence-electron chi connectivity index (χ1n) is 6.28. The monoisotopic (exact) mass is 280 g/mol. The molecule has 0 saturated heterocycles. The van der Waals surface area contributed by atoms with Crippen LogP contribution in [-0.2, 0) is 0 Å². The van der Waals surface area contributed by atoms with Crippen LogP contribution < -0.4 is 5.32 Å². The van der Waals surface area contributed by atoms with Crippen molar-refractivity contribution in [3.05, 3.63) is 60.7 Å². The van der Waals surface area contributed by atoms with E-state index in [1.54, 1.807) is 53.9 Å². The Balaban J connectivity index is 1.90. The maximum Gasteiger partial charge on any atom is 0.274 e. The van der Waals surface area contributed by atoms with Gasteiger partial charge < -0.3 is 5.32 Å². The molecule has 0 aromatic carbocycles. The third-order valence-corrected chi connectivity index (χ3v) is 2.73. The second-order valence-electron chi connectivity index (χ2n) is 4.36. The standard InChI is InChI=1S/C14H12N6O/c1-10-7-12(13(21)18-11-3-2-4-15-8-11)19-14(17-10)20-6-5-16-9-20/h2-9H,1H3,(H,18,21). The Kier molecular flexibility index (Phi) is 3.38. The Morgan fingerprint density at radius 1 is 1.24 bits per heavy atom. The number of anilines is 1. The van der Waals surface area contributed by atoms with Crippen LogP contribution in [0.5, 0.6) is 0 Å². The van der Waals surface area contributed by atoms with Gasteiger partial charge in [-0.05, 0) is 25.1 Å². The highest BCUT2D eigenvalue weighted by molar-refractivity contribution is 6.02. The lowest BCUT2D eigenvalue weighted by atomic mass is 10.3. The van der Waals surface area contributed by atoms with E-state index in [9.17, 15) is 4.79 Å². The van der Waals surface area contributed by atoms with Gasteiger partial charge in [0.25, 0.3) is 5.91 Å². The van der Waals surface area contributed by atoms with Crippen molar-refractivity contribution in [2.75, 3.05) is 5.32 Å². The molecule has 0 aliphatic carbocycles. The van der Waals surface area contributed by atoms with Gasteiger partial charge in [-0.3, -0.25) is 14.3 Å². The smallest absolute Gasteiger partial charge is 0.274 e. The molecule has 0 aliphatic heterocycles. The van der Waals surface area contributed by atoms with Crippen molar-refractivity contribution in [2.24, 2.45) is 0 Å². The molecule has 0 spiro atoms. The Morgan fingerprint density at radius 2 is 2.14 bits per heavy atom. The Hall–Kier alpha value is -3.09. The van der Waals surface area contributed by atoms with Crippen LogP contribution in [0.15, 0.2) is 49.3 Å². The predicted molar refractivity (Wildman–Crippen MR) is 76.1 cm³/mol. The van der Waals surface area contributed by atoms with Gasteiger partial charge in [0.2, 0.25) is 5.95 Å². The summed E-state index contributed by atoms with van der Waals surface area (Å²) in [5.74, 6) is 0.0960. The van der Waals surface area contributed by atoms with Crippen molar-refractivity contribution in [1.82, 2.24) is 24.5 Å². The van der Waals surface area contributed by atoms with E-state index in [1.807, 2.05) is 6.92 Å².